The van der Waals surface area contributed by atoms with Gasteiger partial charge in [0.05, 0.1) is 44.1 Å². The Bertz CT molecular complexity index is 1560. The highest BCUT2D eigenvalue weighted by atomic mass is 16.6. The van der Waals surface area contributed by atoms with Crippen molar-refractivity contribution in [3.63, 3.8) is 0 Å². The molecule has 0 aliphatic carbocycles. The fraction of sp³-hybridized carbons (Fsp3) is 0.486. The zero-order valence-corrected chi connectivity index (χ0v) is 28.7. The minimum absolute atomic E-state index is 0.0455. The van der Waals surface area contributed by atoms with E-state index in [0.717, 1.165) is 20.9 Å². The Kier molecular flexibility index (Phi) is 11.8. The molecule has 0 spiro atoms. The normalized spacial score (nSPS) is 16.3. The highest BCUT2D eigenvalue weighted by molar-refractivity contribution is 6.23. The molecule has 1 unspecified atom stereocenters. The van der Waals surface area contributed by atoms with Crippen molar-refractivity contribution in [1.29, 1.82) is 0 Å². The molecule has 0 saturated carbocycles. The average molecular weight is 682 g/mol. The first-order valence-corrected chi connectivity index (χ1v) is 16.0. The summed E-state index contributed by atoms with van der Waals surface area (Å²) < 4.78 is 28.0. The Labute approximate surface area is 284 Å². The highest BCUT2D eigenvalue weighted by Gasteiger charge is 2.44. The predicted octanol–water partition coefficient (Wildman–Crippen LogP) is 4.37. The van der Waals surface area contributed by atoms with Gasteiger partial charge >= 0.3 is 12.2 Å². The Balaban J connectivity index is 1.21. The van der Waals surface area contributed by atoms with Gasteiger partial charge in [-0.3, -0.25) is 29.4 Å². The van der Waals surface area contributed by atoms with Gasteiger partial charge < -0.3 is 23.7 Å². The summed E-state index contributed by atoms with van der Waals surface area (Å²) in [6.07, 6.45) is -1.50. The van der Waals surface area contributed by atoms with Crippen LogP contribution in [0.25, 0.3) is 0 Å². The number of fused-ring (bicyclic) bond motifs is 1. The minimum atomic E-state index is -1.04. The van der Waals surface area contributed by atoms with Crippen LogP contribution in [0.4, 0.5) is 9.59 Å². The first-order chi connectivity index (χ1) is 23.0. The molecule has 14 nitrogen and oxygen atoms in total. The van der Waals surface area contributed by atoms with E-state index in [4.69, 9.17) is 23.7 Å². The number of piperidine rings is 1. The van der Waals surface area contributed by atoms with Crippen molar-refractivity contribution in [2.45, 2.75) is 84.8 Å². The largest absolute Gasteiger partial charge is 0.491 e. The van der Waals surface area contributed by atoms with Crippen LogP contribution >= 0.6 is 0 Å². The summed E-state index contributed by atoms with van der Waals surface area (Å²) in [6, 6.07) is 11.0. The zero-order chi connectivity index (χ0) is 35.9. The maximum absolute atomic E-state index is 13.0. The van der Waals surface area contributed by atoms with Crippen LogP contribution in [0.2, 0.25) is 0 Å². The maximum atomic E-state index is 13.0. The van der Waals surface area contributed by atoms with E-state index in [1.165, 1.54) is 12.1 Å². The summed E-state index contributed by atoms with van der Waals surface area (Å²) in [6.45, 7) is 11.2. The number of nitrogens with zero attached hydrogens (tertiary/aromatic N) is 2. The topological polar surface area (TPSA) is 167 Å². The van der Waals surface area contributed by atoms with E-state index in [1.54, 1.807) is 47.6 Å². The van der Waals surface area contributed by atoms with Crippen LogP contribution in [-0.4, -0.2) is 89.2 Å². The molecule has 0 radical (unpaired) electrons. The van der Waals surface area contributed by atoms with Crippen molar-refractivity contribution < 1.29 is 52.5 Å². The molecule has 2 aliphatic heterocycles. The second-order valence-electron chi connectivity index (χ2n) is 13.5. The minimum Gasteiger partial charge on any atom is -0.491 e. The molecular formula is C35H43N3O11. The quantitative estimate of drug-likeness (QED) is 0.250. The van der Waals surface area contributed by atoms with Gasteiger partial charge in [0.25, 0.3) is 11.8 Å². The number of amides is 6. The third kappa shape index (κ3) is 10.3. The molecular weight excluding hydrogens is 638 g/mol. The second-order valence-corrected chi connectivity index (χ2v) is 13.5. The molecule has 1 N–H and O–H groups in total. The van der Waals surface area contributed by atoms with Gasteiger partial charge in [-0.2, -0.15) is 0 Å². The van der Waals surface area contributed by atoms with Gasteiger partial charge in [-0.05, 0) is 77.3 Å². The lowest BCUT2D eigenvalue weighted by molar-refractivity contribution is -0.136. The number of carbonyl (C=O) groups excluding carboxylic acids is 6. The van der Waals surface area contributed by atoms with E-state index in [2.05, 4.69) is 5.32 Å². The van der Waals surface area contributed by atoms with Crippen molar-refractivity contribution >= 4 is 35.8 Å². The molecule has 1 saturated heterocycles. The van der Waals surface area contributed by atoms with Crippen LogP contribution in [0, 0.1) is 0 Å². The first-order valence-electron chi connectivity index (χ1n) is 16.0. The summed E-state index contributed by atoms with van der Waals surface area (Å²) in [4.78, 5) is 76.7. The van der Waals surface area contributed by atoms with Crippen molar-refractivity contribution in [3.05, 3.63) is 64.7 Å². The number of carbonyl (C=O) groups is 6. The lowest BCUT2D eigenvalue weighted by Crippen LogP contribution is -2.54. The number of hydrogen-bond acceptors (Lipinski definition) is 11. The van der Waals surface area contributed by atoms with Crippen molar-refractivity contribution in [3.8, 4) is 5.75 Å². The van der Waals surface area contributed by atoms with Crippen LogP contribution in [0.15, 0.2) is 42.5 Å². The van der Waals surface area contributed by atoms with E-state index in [9.17, 15) is 28.8 Å². The van der Waals surface area contributed by atoms with E-state index < -0.39 is 53.1 Å². The van der Waals surface area contributed by atoms with Gasteiger partial charge in [-0.1, -0.05) is 24.3 Å². The molecule has 1 atom stereocenters. The summed E-state index contributed by atoms with van der Waals surface area (Å²) >= 11 is 0. The maximum Gasteiger partial charge on any atom is 0.419 e. The van der Waals surface area contributed by atoms with Crippen molar-refractivity contribution in [1.82, 2.24) is 15.1 Å². The molecule has 1 fully saturated rings. The number of ether oxygens (including phenoxy) is 5. The number of nitrogens with one attached hydrogen (secondary N) is 1. The van der Waals surface area contributed by atoms with Crippen LogP contribution in [0.3, 0.4) is 0 Å². The molecule has 49 heavy (non-hydrogen) atoms. The molecule has 2 aliphatic rings. The van der Waals surface area contributed by atoms with Crippen LogP contribution < -0.4 is 10.1 Å². The van der Waals surface area contributed by atoms with Crippen LogP contribution in [-0.2, 0) is 41.8 Å². The summed E-state index contributed by atoms with van der Waals surface area (Å²) in [5, 5.41) is 2.17. The monoisotopic (exact) mass is 681 g/mol. The molecule has 14 heteroatoms. The van der Waals surface area contributed by atoms with E-state index in [-0.39, 0.29) is 56.9 Å². The Hall–Kier alpha value is -4.82. The third-order valence-corrected chi connectivity index (χ3v) is 7.12. The van der Waals surface area contributed by atoms with Gasteiger partial charge in [-0.25, -0.2) is 14.5 Å². The van der Waals surface area contributed by atoms with Gasteiger partial charge in [0.1, 0.15) is 29.6 Å². The number of rotatable bonds is 12. The van der Waals surface area contributed by atoms with Gasteiger partial charge in [0, 0.05) is 6.42 Å². The Morgan fingerprint density at radius 2 is 1.39 bits per heavy atom. The molecule has 0 aromatic heterocycles. The smallest absolute Gasteiger partial charge is 0.419 e. The van der Waals surface area contributed by atoms with Crippen molar-refractivity contribution in [2.75, 3.05) is 26.4 Å². The third-order valence-electron chi connectivity index (χ3n) is 7.12. The SMILES string of the molecule is CC(C)(C)OC(=O)N(CCOCc1cccc(COCCOc2ccc3c(c2)C(=O)N(C2CCC(=O)NC2=O)C3=O)c1)C(=O)OC(C)(C)C. The molecule has 2 aromatic carbocycles. The summed E-state index contributed by atoms with van der Waals surface area (Å²) in [5.41, 5.74) is 0.475. The lowest BCUT2D eigenvalue weighted by atomic mass is 10.0. The Morgan fingerprint density at radius 1 is 0.796 bits per heavy atom. The average Bonchev–Trinajstić information content (AvgIpc) is 3.24. The molecule has 2 aromatic rings. The first kappa shape index (κ1) is 37.0. The molecule has 4 rings (SSSR count). The molecule has 6 amide bonds. The van der Waals surface area contributed by atoms with Gasteiger partial charge in [0.15, 0.2) is 0 Å². The summed E-state index contributed by atoms with van der Waals surface area (Å²) in [5.74, 6) is -1.93. The van der Waals surface area contributed by atoms with E-state index in [0.29, 0.717) is 12.4 Å². The molecule has 0 bridgehead atoms. The van der Waals surface area contributed by atoms with Crippen LogP contribution in [0.5, 0.6) is 5.75 Å². The van der Waals surface area contributed by atoms with Gasteiger partial charge in [0.2, 0.25) is 11.8 Å². The second kappa shape index (κ2) is 15.6. The number of imide groups is 3. The zero-order valence-electron chi connectivity index (χ0n) is 28.7. The fourth-order valence-corrected chi connectivity index (χ4v) is 4.99. The number of hydrogen-bond donors (Lipinski definition) is 1. The standard InChI is InChI=1S/C35H43N3O11/c1-34(2,3)48-32(43)37(33(44)49-35(4,5)6)14-15-45-20-22-8-7-9-23(18-22)21-46-16-17-47-24-10-11-25-26(19-24)31(42)38(30(25)41)27-12-13-28(39)36-29(27)40/h7-11,18-19,27H,12-17,20-21H2,1-6H3,(H,36,39,40). The molecule has 2 heterocycles. The van der Waals surface area contributed by atoms with E-state index in [1.807, 2.05) is 24.3 Å². The van der Waals surface area contributed by atoms with Gasteiger partial charge in [-0.15, -0.1) is 0 Å². The highest BCUT2D eigenvalue weighted by Crippen LogP contribution is 2.30. The van der Waals surface area contributed by atoms with E-state index >= 15 is 0 Å². The lowest BCUT2D eigenvalue weighted by Gasteiger charge is -2.28. The molecule has 264 valence electrons. The summed E-state index contributed by atoms with van der Waals surface area (Å²) in [7, 11) is 0. The number of benzene rings is 2. The van der Waals surface area contributed by atoms with Crippen LogP contribution in [0.1, 0.15) is 86.2 Å². The predicted molar refractivity (Wildman–Crippen MR) is 174 cm³/mol. The Morgan fingerprint density at radius 3 is 1.98 bits per heavy atom. The fourth-order valence-electron chi connectivity index (χ4n) is 4.99. The van der Waals surface area contributed by atoms with Crippen molar-refractivity contribution in [2.24, 2.45) is 0 Å².